The molecule has 0 nitrogen and oxygen atoms in total. The molecular weight excluding hydrogens is 156 g/mol. The van der Waals surface area contributed by atoms with E-state index in [2.05, 4.69) is 0 Å². The molecule has 0 aromatic rings. The van der Waals surface area contributed by atoms with Crippen molar-refractivity contribution in [2.45, 2.75) is 51.4 Å². The number of rotatable bonds is 0. The first kappa shape index (κ1) is 7.31. The normalized spacial score (nSPS) is 55.4. The average Bonchev–Trinajstić information content (AvgIpc) is 2.54. The third kappa shape index (κ3) is 0.680. The van der Waals surface area contributed by atoms with Crippen molar-refractivity contribution in [2.24, 2.45) is 29.1 Å². The fourth-order valence-electron chi connectivity index (χ4n) is 5.57. The van der Waals surface area contributed by atoms with Gasteiger partial charge in [-0.1, -0.05) is 12.8 Å². The lowest BCUT2D eigenvalue weighted by atomic mass is 9.49. The number of fused-ring (bicyclic) bond motifs is 5. The van der Waals surface area contributed by atoms with E-state index < -0.39 is 0 Å². The van der Waals surface area contributed by atoms with E-state index >= 15 is 0 Å². The van der Waals surface area contributed by atoms with Crippen LogP contribution in [0.1, 0.15) is 51.4 Å². The van der Waals surface area contributed by atoms with Gasteiger partial charge in [0.1, 0.15) is 0 Å². The van der Waals surface area contributed by atoms with E-state index in [-0.39, 0.29) is 0 Å². The Balaban J connectivity index is 1.66. The molecule has 0 N–H and O–H groups in total. The third-order valence-electron chi connectivity index (χ3n) is 6.13. The Labute approximate surface area is 81.1 Å². The summed E-state index contributed by atoms with van der Waals surface area (Å²) in [6.07, 6.45) is 12.8. The van der Waals surface area contributed by atoms with E-state index in [0.29, 0.717) is 0 Å². The predicted octanol–water partition coefficient (Wildman–Crippen LogP) is 3.61. The second-order valence-electron chi connectivity index (χ2n) is 6.20. The fourth-order valence-corrected chi connectivity index (χ4v) is 5.57. The summed E-state index contributed by atoms with van der Waals surface area (Å²) in [6.45, 7) is 0. The van der Waals surface area contributed by atoms with Crippen LogP contribution in [-0.4, -0.2) is 0 Å². The zero-order valence-electron chi connectivity index (χ0n) is 8.47. The summed E-state index contributed by atoms with van der Waals surface area (Å²) in [7, 11) is 0. The van der Waals surface area contributed by atoms with Crippen LogP contribution in [-0.2, 0) is 0 Å². The van der Waals surface area contributed by atoms with Gasteiger partial charge in [-0.2, -0.15) is 0 Å². The van der Waals surface area contributed by atoms with Crippen LogP contribution >= 0.6 is 0 Å². The molecule has 13 heavy (non-hydrogen) atoms. The Kier molecular flexibility index (Phi) is 1.21. The highest BCUT2D eigenvalue weighted by molar-refractivity contribution is 5.13. The lowest BCUT2D eigenvalue weighted by molar-refractivity contribution is -0.0767. The van der Waals surface area contributed by atoms with Gasteiger partial charge >= 0.3 is 0 Å². The lowest BCUT2D eigenvalue weighted by Crippen LogP contribution is -2.50. The lowest BCUT2D eigenvalue weighted by Gasteiger charge is -2.56. The van der Waals surface area contributed by atoms with Crippen molar-refractivity contribution in [3.05, 3.63) is 0 Å². The molecular formula is C13H20. The first-order valence-corrected chi connectivity index (χ1v) is 6.41. The monoisotopic (exact) mass is 176 g/mol. The summed E-state index contributed by atoms with van der Waals surface area (Å²) in [5.41, 5.74) is 0.927. The molecule has 0 radical (unpaired) electrons. The second-order valence-corrected chi connectivity index (χ2v) is 6.20. The molecule has 1 spiro atoms. The van der Waals surface area contributed by atoms with Crippen molar-refractivity contribution in [3.63, 3.8) is 0 Å². The number of hydrogen-bond acceptors (Lipinski definition) is 0. The quantitative estimate of drug-likeness (QED) is 0.529. The van der Waals surface area contributed by atoms with Gasteiger partial charge in [0, 0.05) is 0 Å². The highest BCUT2D eigenvalue weighted by atomic mass is 14.7. The van der Waals surface area contributed by atoms with Crippen LogP contribution in [0.3, 0.4) is 0 Å². The van der Waals surface area contributed by atoms with Crippen LogP contribution in [0, 0.1) is 29.1 Å². The summed E-state index contributed by atoms with van der Waals surface area (Å²) in [6, 6.07) is 0. The minimum Gasteiger partial charge on any atom is -0.0527 e. The third-order valence-corrected chi connectivity index (χ3v) is 6.13. The van der Waals surface area contributed by atoms with Crippen molar-refractivity contribution in [1.82, 2.24) is 0 Å². The van der Waals surface area contributed by atoms with E-state index in [4.69, 9.17) is 0 Å². The Morgan fingerprint density at radius 2 is 1.46 bits per heavy atom. The largest absolute Gasteiger partial charge is 0.0527 e. The van der Waals surface area contributed by atoms with Gasteiger partial charge in [-0.05, 0) is 67.6 Å². The zero-order valence-corrected chi connectivity index (χ0v) is 8.47. The van der Waals surface area contributed by atoms with Gasteiger partial charge in [-0.3, -0.25) is 0 Å². The molecule has 4 fully saturated rings. The van der Waals surface area contributed by atoms with Crippen LogP contribution < -0.4 is 0 Å². The zero-order chi connectivity index (χ0) is 8.47. The SMILES string of the molecule is C1CC2C(C1)C1C2CCC12CCC2. The molecule has 4 saturated carbocycles. The Morgan fingerprint density at radius 3 is 2.23 bits per heavy atom. The molecule has 4 unspecified atom stereocenters. The van der Waals surface area contributed by atoms with Gasteiger partial charge in [-0.15, -0.1) is 0 Å². The molecule has 0 aliphatic heterocycles. The smallest absolute Gasteiger partial charge is 0.0264 e. The standard InChI is InChI=1S/C13H20/c1-3-9-10(4-1)12-11(9)5-8-13(12)6-2-7-13/h9-12H,1-8H2. The summed E-state index contributed by atoms with van der Waals surface area (Å²) < 4.78 is 0. The average molecular weight is 176 g/mol. The molecule has 0 amide bonds. The van der Waals surface area contributed by atoms with Crippen molar-refractivity contribution >= 4 is 0 Å². The Bertz CT molecular complexity index is 232. The second kappa shape index (κ2) is 2.15. The predicted molar refractivity (Wildman–Crippen MR) is 53.3 cm³/mol. The molecule has 4 rings (SSSR count). The summed E-state index contributed by atoms with van der Waals surface area (Å²) in [4.78, 5) is 0. The molecule has 72 valence electrons. The summed E-state index contributed by atoms with van der Waals surface area (Å²) in [5.74, 6) is 4.87. The molecule has 0 saturated heterocycles. The maximum absolute atomic E-state index is 1.62. The van der Waals surface area contributed by atoms with E-state index in [1.54, 1.807) is 51.4 Å². The molecule has 0 bridgehead atoms. The topological polar surface area (TPSA) is 0 Å². The van der Waals surface area contributed by atoms with Gasteiger partial charge in [-0.25, -0.2) is 0 Å². The van der Waals surface area contributed by atoms with Crippen LogP contribution in [0.4, 0.5) is 0 Å². The maximum Gasteiger partial charge on any atom is -0.0264 e. The van der Waals surface area contributed by atoms with Crippen LogP contribution in [0.5, 0.6) is 0 Å². The van der Waals surface area contributed by atoms with Crippen molar-refractivity contribution in [3.8, 4) is 0 Å². The molecule has 0 aromatic heterocycles. The van der Waals surface area contributed by atoms with Gasteiger partial charge in [0.2, 0.25) is 0 Å². The van der Waals surface area contributed by atoms with E-state index in [9.17, 15) is 0 Å². The van der Waals surface area contributed by atoms with Crippen LogP contribution in [0.15, 0.2) is 0 Å². The first-order valence-electron chi connectivity index (χ1n) is 6.41. The number of hydrogen-bond donors (Lipinski definition) is 0. The molecule has 4 atom stereocenters. The van der Waals surface area contributed by atoms with Crippen LogP contribution in [0.2, 0.25) is 0 Å². The minimum absolute atomic E-state index is 0.927. The summed E-state index contributed by atoms with van der Waals surface area (Å²) >= 11 is 0. The minimum atomic E-state index is 0.927. The fraction of sp³-hybridized carbons (Fsp3) is 1.00. The van der Waals surface area contributed by atoms with Gasteiger partial charge in [0.25, 0.3) is 0 Å². The van der Waals surface area contributed by atoms with E-state index in [1.165, 1.54) is 23.7 Å². The molecule has 4 aliphatic carbocycles. The first-order chi connectivity index (χ1) is 6.41. The highest BCUT2D eigenvalue weighted by Gasteiger charge is 2.64. The van der Waals surface area contributed by atoms with E-state index in [0.717, 1.165) is 5.41 Å². The molecule has 4 aliphatic rings. The maximum atomic E-state index is 1.62. The van der Waals surface area contributed by atoms with E-state index in [1.807, 2.05) is 0 Å². The molecule has 0 aromatic carbocycles. The van der Waals surface area contributed by atoms with Crippen molar-refractivity contribution in [2.75, 3.05) is 0 Å². The van der Waals surface area contributed by atoms with Crippen molar-refractivity contribution in [1.29, 1.82) is 0 Å². The van der Waals surface area contributed by atoms with Crippen LogP contribution in [0.25, 0.3) is 0 Å². The van der Waals surface area contributed by atoms with Crippen molar-refractivity contribution < 1.29 is 0 Å². The van der Waals surface area contributed by atoms with Gasteiger partial charge in [0.05, 0.1) is 0 Å². The van der Waals surface area contributed by atoms with Gasteiger partial charge in [0.15, 0.2) is 0 Å². The molecule has 0 heteroatoms. The summed E-state index contributed by atoms with van der Waals surface area (Å²) in [5, 5.41) is 0. The Hall–Kier alpha value is 0. The highest BCUT2D eigenvalue weighted by Crippen LogP contribution is 2.72. The van der Waals surface area contributed by atoms with Gasteiger partial charge < -0.3 is 0 Å². The Morgan fingerprint density at radius 1 is 0.692 bits per heavy atom. The molecule has 0 heterocycles.